The number of amides is 2. The lowest BCUT2D eigenvalue weighted by molar-refractivity contribution is 0.0936. The Balaban J connectivity index is 1.93. The highest BCUT2D eigenvalue weighted by atomic mass is 16.2. The number of pyridine rings is 1. The second kappa shape index (κ2) is 7.70. The number of nitrogens with one attached hydrogen (secondary N) is 2. The number of benzene rings is 1. The van der Waals surface area contributed by atoms with Gasteiger partial charge in [-0.15, -0.1) is 0 Å². The van der Waals surface area contributed by atoms with E-state index in [1.165, 1.54) is 0 Å². The lowest BCUT2D eigenvalue weighted by Gasteiger charge is -2.09. The topological polar surface area (TPSA) is 99.3 Å². The SMILES string of the molecule is CCC(C)NC(=O)c1nc(C(=O)Nc2ccc(C#N)cc2)n2ccccc12. The Morgan fingerprint density at radius 1 is 1.19 bits per heavy atom. The fourth-order valence-electron chi connectivity index (χ4n) is 2.57. The zero-order valence-corrected chi connectivity index (χ0v) is 15.1. The summed E-state index contributed by atoms with van der Waals surface area (Å²) in [5.41, 5.74) is 1.81. The van der Waals surface area contributed by atoms with Crippen LogP contribution in [0.15, 0.2) is 48.7 Å². The van der Waals surface area contributed by atoms with Gasteiger partial charge in [0, 0.05) is 17.9 Å². The average Bonchev–Trinajstić information content (AvgIpc) is 3.08. The number of hydrogen-bond donors (Lipinski definition) is 2. The molecular formula is C20H19N5O2. The molecule has 27 heavy (non-hydrogen) atoms. The van der Waals surface area contributed by atoms with Gasteiger partial charge in [-0.2, -0.15) is 5.26 Å². The number of rotatable bonds is 5. The van der Waals surface area contributed by atoms with Crippen molar-refractivity contribution >= 4 is 23.0 Å². The van der Waals surface area contributed by atoms with Crippen LogP contribution in [0, 0.1) is 11.3 Å². The van der Waals surface area contributed by atoms with Gasteiger partial charge in [0.25, 0.3) is 11.8 Å². The van der Waals surface area contributed by atoms with Gasteiger partial charge in [-0.3, -0.25) is 14.0 Å². The van der Waals surface area contributed by atoms with Crippen LogP contribution < -0.4 is 10.6 Å². The molecule has 1 aromatic carbocycles. The second-order valence-electron chi connectivity index (χ2n) is 6.17. The summed E-state index contributed by atoms with van der Waals surface area (Å²) in [4.78, 5) is 29.5. The number of imidazole rings is 1. The van der Waals surface area contributed by atoms with Crippen LogP contribution in [0.25, 0.3) is 5.52 Å². The van der Waals surface area contributed by atoms with Crippen molar-refractivity contribution in [2.45, 2.75) is 26.3 Å². The quantitative estimate of drug-likeness (QED) is 0.730. The number of carbonyl (C=O) groups is 2. The minimum absolute atomic E-state index is 0.00823. The second-order valence-corrected chi connectivity index (χ2v) is 6.17. The number of aromatic nitrogens is 2. The van der Waals surface area contributed by atoms with Crippen LogP contribution in [-0.4, -0.2) is 27.2 Å². The summed E-state index contributed by atoms with van der Waals surface area (Å²) < 4.78 is 1.59. The lowest BCUT2D eigenvalue weighted by Crippen LogP contribution is -2.32. The summed E-state index contributed by atoms with van der Waals surface area (Å²) in [6.45, 7) is 3.89. The Morgan fingerprint density at radius 2 is 1.93 bits per heavy atom. The Hall–Kier alpha value is -3.66. The molecule has 0 fully saturated rings. The van der Waals surface area contributed by atoms with Crippen molar-refractivity contribution in [2.24, 2.45) is 0 Å². The first-order chi connectivity index (χ1) is 13.0. The third-order valence-electron chi connectivity index (χ3n) is 4.23. The molecule has 0 aliphatic carbocycles. The van der Waals surface area contributed by atoms with Gasteiger partial charge in [-0.25, -0.2) is 4.98 Å². The fourth-order valence-corrected chi connectivity index (χ4v) is 2.57. The summed E-state index contributed by atoms with van der Waals surface area (Å²) >= 11 is 0. The largest absolute Gasteiger partial charge is 0.348 e. The number of carbonyl (C=O) groups excluding carboxylic acids is 2. The van der Waals surface area contributed by atoms with E-state index in [9.17, 15) is 9.59 Å². The summed E-state index contributed by atoms with van der Waals surface area (Å²) in [6, 6.07) is 13.9. The lowest BCUT2D eigenvalue weighted by atomic mass is 10.2. The highest BCUT2D eigenvalue weighted by Crippen LogP contribution is 2.16. The molecule has 136 valence electrons. The third kappa shape index (κ3) is 3.80. The molecule has 0 aliphatic rings. The maximum absolute atomic E-state index is 12.7. The zero-order valence-electron chi connectivity index (χ0n) is 15.1. The molecule has 0 aliphatic heterocycles. The Labute approximate surface area is 156 Å². The molecule has 1 unspecified atom stereocenters. The van der Waals surface area contributed by atoms with Crippen LogP contribution in [0.1, 0.15) is 46.9 Å². The molecule has 2 heterocycles. The van der Waals surface area contributed by atoms with Crippen molar-refractivity contribution in [3.05, 3.63) is 65.7 Å². The molecule has 7 nitrogen and oxygen atoms in total. The van der Waals surface area contributed by atoms with Crippen LogP contribution in [0.5, 0.6) is 0 Å². The zero-order chi connectivity index (χ0) is 19.4. The minimum atomic E-state index is -0.441. The van der Waals surface area contributed by atoms with E-state index >= 15 is 0 Å². The first-order valence-corrected chi connectivity index (χ1v) is 8.63. The normalized spacial score (nSPS) is 11.6. The van der Waals surface area contributed by atoms with Gasteiger partial charge in [-0.05, 0) is 49.7 Å². The van der Waals surface area contributed by atoms with Crippen molar-refractivity contribution in [1.29, 1.82) is 5.26 Å². The van der Waals surface area contributed by atoms with Crippen molar-refractivity contribution < 1.29 is 9.59 Å². The van der Waals surface area contributed by atoms with E-state index in [2.05, 4.69) is 15.6 Å². The van der Waals surface area contributed by atoms with Crippen LogP contribution in [0.3, 0.4) is 0 Å². The standard InChI is InChI=1S/C20H19N5O2/c1-3-13(2)22-19(26)17-16-6-4-5-11-25(16)18(24-17)20(27)23-15-9-7-14(12-21)8-10-15/h4-11,13H,3H2,1-2H3,(H,22,26)(H,23,27). The molecule has 1 atom stereocenters. The average molecular weight is 361 g/mol. The predicted octanol–water partition coefficient (Wildman–Crippen LogP) is 2.99. The maximum Gasteiger partial charge on any atom is 0.292 e. The van der Waals surface area contributed by atoms with Gasteiger partial charge in [0.1, 0.15) is 0 Å². The minimum Gasteiger partial charge on any atom is -0.348 e. The number of anilines is 1. The molecule has 0 spiro atoms. The summed E-state index contributed by atoms with van der Waals surface area (Å²) in [5, 5.41) is 14.5. The molecule has 3 rings (SSSR count). The van der Waals surface area contributed by atoms with Gasteiger partial charge in [0.2, 0.25) is 5.82 Å². The van der Waals surface area contributed by atoms with Gasteiger partial charge in [0.15, 0.2) is 5.69 Å². The molecule has 0 bridgehead atoms. The fraction of sp³-hybridized carbons (Fsp3) is 0.200. The third-order valence-corrected chi connectivity index (χ3v) is 4.23. The van der Waals surface area contributed by atoms with E-state index in [0.29, 0.717) is 16.8 Å². The van der Waals surface area contributed by atoms with Crippen molar-refractivity contribution in [3.63, 3.8) is 0 Å². The number of nitriles is 1. The van der Waals surface area contributed by atoms with Crippen molar-refractivity contribution in [1.82, 2.24) is 14.7 Å². The summed E-state index contributed by atoms with van der Waals surface area (Å²) in [5.74, 6) is -0.641. The number of nitrogens with zero attached hydrogens (tertiary/aromatic N) is 3. The predicted molar refractivity (Wildman–Crippen MR) is 102 cm³/mol. The highest BCUT2D eigenvalue weighted by Gasteiger charge is 2.22. The summed E-state index contributed by atoms with van der Waals surface area (Å²) in [7, 11) is 0. The molecule has 0 radical (unpaired) electrons. The van der Waals surface area contributed by atoms with Crippen molar-refractivity contribution in [2.75, 3.05) is 5.32 Å². The molecule has 0 saturated heterocycles. The van der Waals surface area contributed by atoms with Crippen molar-refractivity contribution in [3.8, 4) is 6.07 Å². The highest BCUT2D eigenvalue weighted by molar-refractivity contribution is 6.06. The van der Waals surface area contributed by atoms with Crippen LogP contribution in [0.4, 0.5) is 5.69 Å². The van der Waals surface area contributed by atoms with Crippen LogP contribution in [0.2, 0.25) is 0 Å². The molecule has 0 saturated carbocycles. The van der Waals surface area contributed by atoms with E-state index in [0.717, 1.165) is 6.42 Å². The van der Waals surface area contributed by atoms with E-state index in [1.807, 2.05) is 19.9 Å². The molecule has 2 amide bonds. The first-order valence-electron chi connectivity index (χ1n) is 8.63. The Morgan fingerprint density at radius 3 is 2.59 bits per heavy atom. The van der Waals surface area contributed by atoms with Gasteiger partial charge < -0.3 is 10.6 Å². The maximum atomic E-state index is 12.7. The summed E-state index contributed by atoms with van der Waals surface area (Å²) in [6.07, 6.45) is 2.49. The monoisotopic (exact) mass is 361 g/mol. The Kier molecular flexibility index (Phi) is 5.18. The van der Waals surface area contributed by atoms with Crippen LogP contribution >= 0.6 is 0 Å². The van der Waals surface area contributed by atoms with Gasteiger partial charge in [-0.1, -0.05) is 13.0 Å². The molecule has 7 heteroatoms. The number of hydrogen-bond acceptors (Lipinski definition) is 4. The van der Waals surface area contributed by atoms with E-state index in [1.54, 1.807) is 53.1 Å². The first kappa shape index (κ1) is 18.1. The smallest absolute Gasteiger partial charge is 0.292 e. The van der Waals surface area contributed by atoms with E-state index in [4.69, 9.17) is 5.26 Å². The Bertz CT molecular complexity index is 1030. The molecular weight excluding hydrogens is 342 g/mol. The van der Waals surface area contributed by atoms with Crippen LogP contribution in [-0.2, 0) is 0 Å². The van der Waals surface area contributed by atoms with Gasteiger partial charge in [0.05, 0.1) is 17.1 Å². The van der Waals surface area contributed by atoms with Gasteiger partial charge >= 0.3 is 0 Å². The molecule has 2 aromatic heterocycles. The van der Waals surface area contributed by atoms with E-state index in [-0.39, 0.29) is 23.5 Å². The molecule has 2 N–H and O–H groups in total. The van der Waals surface area contributed by atoms with E-state index < -0.39 is 5.91 Å². The molecule has 3 aromatic rings. The number of fused-ring (bicyclic) bond motifs is 1.